The van der Waals surface area contributed by atoms with E-state index in [2.05, 4.69) is 0 Å². The molecule has 96 valence electrons. The van der Waals surface area contributed by atoms with Crippen molar-refractivity contribution in [2.24, 2.45) is 11.8 Å². The van der Waals surface area contributed by atoms with Crippen molar-refractivity contribution >= 4 is 11.8 Å². The molecule has 0 unspecified atom stereocenters. The van der Waals surface area contributed by atoms with Gasteiger partial charge in [-0.2, -0.15) is 0 Å². The van der Waals surface area contributed by atoms with Crippen LogP contribution in [-0.2, 0) is 4.79 Å². The third-order valence-corrected chi connectivity index (χ3v) is 3.55. The Morgan fingerprint density at radius 1 is 1.06 bits per heavy atom. The molecule has 0 bridgehead atoms. The first-order chi connectivity index (χ1) is 8.59. The van der Waals surface area contributed by atoms with E-state index in [4.69, 9.17) is 5.11 Å². The van der Waals surface area contributed by atoms with E-state index < -0.39 is 23.6 Å². The SMILES string of the molecule is O=C(O)[C@@H]1CCCC[C@H]1C(=O)c1ccc(F)cc1. The molecular weight excluding hydrogens is 235 g/mol. The summed E-state index contributed by atoms with van der Waals surface area (Å²) in [6.07, 6.45) is 2.88. The van der Waals surface area contributed by atoms with Crippen LogP contribution in [0.3, 0.4) is 0 Å². The number of hydrogen-bond donors (Lipinski definition) is 1. The highest BCUT2D eigenvalue weighted by atomic mass is 19.1. The Bertz CT molecular complexity index is 453. The van der Waals surface area contributed by atoms with Crippen LogP contribution in [0.15, 0.2) is 24.3 Å². The van der Waals surface area contributed by atoms with Crippen LogP contribution in [0, 0.1) is 17.7 Å². The van der Waals surface area contributed by atoms with Crippen LogP contribution >= 0.6 is 0 Å². The normalized spacial score (nSPS) is 23.6. The van der Waals surface area contributed by atoms with Gasteiger partial charge in [0.1, 0.15) is 5.82 Å². The minimum atomic E-state index is -0.907. The number of ketones is 1. The van der Waals surface area contributed by atoms with E-state index in [0.29, 0.717) is 18.4 Å². The zero-order valence-electron chi connectivity index (χ0n) is 9.93. The third kappa shape index (κ3) is 2.58. The molecule has 0 heterocycles. The highest BCUT2D eigenvalue weighted by molar-refractivity contribution is 5.99. The minimum Gasteiger partial charge on any atom is -0.481 e. The minimum absolute atomic E-state index is 0.179. The highest BCUT2D eigenvalue weighted by Gasteiger charge is 2.35. The Morgan fingerprint density at radius 2 is 1.61 bits per heavy atom. The predicted octanol–water partition coefficient (Wildman–Crippen LogP) is 2.90. The maximum Gasteiger partial charge on any atom is 0.307 e. The van der Waals surface area contributed by atoms with Crippen molar-refractivity contribution in [3.63, 3.8) is 0 Å². The van der Waals surface area contributed by atoms with E-state index in [1.807, 2.05) is 0 Å². The monoisotopic (exact) mass is 250 g/mol. The van der Waals surface area contributed by atoms with Gasteiger partial charge in [-0.1, -0.05) is 12.8 Å². The van der Waals surface area contributed by atoms with Crippen LogP contribution < -0.4 is 0 Å². The van der Waals surface area contributed by atoms with Crippen molar-refractivity contribution in [3.8, 4) is 0 Å². The Labute approximate surface area is 105 Å². The second-order valence-electron chi connectivity index (χ2n) is 4.71. The molecule has 0 amide bonds. The Hall–Kier alpha value is -1.71. The molecule has 0 radical (unpaired) electrons. The fourth-order valence-electron chi connectivity index (χ4n) is 2.57. The molecule has 1 N–H and O–H groups in total. The average Bonchev–Trinajstić information content (AvgIpc) is 2.39. The van der Waals surface area contributed by atoms with Gasteiger partial charge in [0.2, 0.25) is 0 Å². The number of carbonyl (C=O) groups is 2. The lowest BCUT2D eigenvalue weighted by Gasteiger charge is -2.27. The van der Waals surface area contributed by atoms with Crippen LogP contribution in [0.25, 0.3) is 0 Å². The Balaban J connectivity index is 2.20. The molecule has 1 fully saturated rings. The molecule has 1 aromatic carbocycles. The second kappa shape index (κ2) is 5.29. The average molecular weight is 250 g/mol. The first kappa shape index (κ1) is 12.7. The number of carboxylic acids is 1. The summed E-state index contributed by atoms with van der Waals surface area (Å²) in [5, 5.41) is 9.14. The smallest absolute Gasteiger partial charge is 0.307 e. The van der Waals surface area contributed by atoms with Crippen molar-refractivity contribution in [2.45, 2.75) is 25.7 Å². The molecule has 18 heavy (non-hydrogen) atoms. The number of benzene rings is 1. The number of rotatable bonds is 3. The van der Waals surface area contributed by atoms with Gasteiger partial charge in [0, 0.05) is 11.5 Å². The number of aliphatic carboxylic acids is 1. The van der Waals surface area contributed by atoms with Crippen LogP contribution in [-0.4, -0.2) is 16.9 Å². The maximum absolute atomic E-state index is 12.8. The van der Waals surface area contributed by atoms with Crippen molar-refractivity contribution in [2.75, 3.05) is 0 Å². The lowest BCUT2D eigenvalue weighted by atomic mass is 9.75. The number of carboxylic acid groups (broad SMARTS) is 1. The molecule has 2 rings (SSSR count). The van der Waals surface area contributed by atoms with Crippen LogP contribution in [0.2, 0.25) is 0 Å². The number of Topliss-reactive ketones (excluding diaryl/α,β-unsaturated/α-hetero) is 1. The number of hydrogen-bond acceptors (Lipinski definition) is 2. The zero-order valence-corrected chi connectivity index (χ0v) is 9.93. The van der Waals surface area contributed by atoms with E-state index in [1.54, 1.807) is 0 Å². The fourth-order valence-corrected chi connectivity index (χ4v) is 2.57. The number of halogens is 1. The standard InChI is InChI=1S/C14H15FO3/c15-10-7-5-9(6-8-10)13(16)11-3-1-2-4-12(11)14(17)18/h5-8,11-12H,1-4H2,(H,17,18)/t11-,12-/m1/s1. The van der Waals surface area contributed by atoms with Gasteiger partial charge in [0.05, 0.1) is 5.92 Å². The lowest BCUT2D eigenvalue weighted by Crippen LogP contribution is -2.32. The van der Waals surface area contributed by atoms with Gasteiger partial charge in [0.15, 0.2) is 5.78 Å². The van der Waals surface area contributed by atoms with E-state index in [0.717, 1.165) is 12.8 Å². The largest absolute Gasteiger partial charge is 0.481 e. The first-order valence-corrected chi connectivity index (χ1v) is 6.12. The molecule has 1 saturated carbocycles. The molecule has 4 heteroatoms. The summed E-state index contributed by atoms with van der Waals surface area (Å²) >= 11 is 0. The molecular formula is C14H15FO3. The predicted molar refractivity (Wildman–Crippen MR) is 63.8 cm³/mol. The van der Waals surface area contributed by atoms with Gasteiger partial charge in [-0.3, -0.25) is 9.59 Å². The van der Waals surface area contributed by atoms with Crippen molar-refractivity contribution in [3.05, 3.63) is 35.6 Å². The van der Waals surface area contributed by atoms with Crippen LogP contribution in [0.4, 0.5) is 4.39 Å². The van der Waals surface area contributed by atoms with Crippen molar-refractivity contribution < 1.29 is 19.1 Å². The van der Waals surface area contributed by atoms with Gasteiger partial charge < -0.3 is 5.11 Å². The summed E-state index contributed by atoms with van der Waals surface area (Å²) in [6.45, 7) is 0. The van der Waals surface area contributed by atoms with Gasteiger partial charge in [-0.05, 0) is 37.1 Å². The molecule has 0 aliphatic heterocycles. The molecule has 1 aliphatic rings. The Morgan fingerprint density at radius 3 is 2.17 bits per heavy atom. The van der Waals surface area contributed by atoms with Crippen molar-refractivity contribution in [1.29, 1.82) is 0 Å². The summed E-state index contributed by atoms with van der Waals surface area (Å²) in [6, 6.07) is 5.30. The summed E-state index contributed by atoms with van der Waals surface area (Å²) < 4.78 is 12.8. The summed E-state index contributed by atoms with van der Waals surface area (Å²) in [5.74, 6) is -2.56. The Kier molecular flexibility index (Phi) is 3.75. The summed E-state index contributed by atoms with van der Waals surface area (Å²) in [4.78, 5) is 23.4. The first-order valence-electron chi connectivity index (χ1n) is 6.12. The van der Waals surface area contributed by atoms with Gasteiger partial charge in [0.25, 0.3) is 0 Å². The number of carbonyl (C=O) groups excluding carboxylic acids is 1. The topological polar surface area (TPSA) is 54.4 Å². The summed E-state index contributed by atoms with van der Waals surface area (Å²) in [7, 11) is 0. The highest BCUT2D eigenvalue weighted by Crippen LogP contribution is 2.32. The molecule has 0 aromatic heterocycles. The quantitative estimate of drug-likeness (QED) is 0.839. The van der Waals surface area contributed by atoms with E-state index in [1.165, 1.54) is 24.3 Å². The third-order valence-electron chi connectivity index (χ3n) is 3.55. The molecule has 0 saturated heterocycles. The fraction of sp³-hybridized carbons (Fsp3) is 0.429. The second-order valence-corrected chi connectivity index (χ2v) is 4.71. The summed E-state index contributed by atoms with van der Waals surface area (Å²) in [5.41, 5.74) is 0.398. The van der Waals surface area contributed by atoms with E-state index >= 15 is 0 Å². The zero-order chi connectivity index (χ0) is 13.1. The molecule has 1 aliphatic carbocycles. The van der Waals surface area contributed by atoms with Crippen LogP contribution in [0.5, 0.6) is 0 Å². The van der Waals surface area contributed by atoms with E-state index in [-0.39, 0.29) is 5.78 Å². The lowest BCUT2D eigenvalue weighted by molar-refractivity contribution is -0.144. The van der Waals surface area contributed by atoms with Crippen LogP contribution in [0.1, 0.15) is 36.0 Å². The van der Waals surface area contributed by atoms with E-state index in [9.17, 15) is 14.0 Å². The maximum atomic E-state index is 12.8. The molecule has 0 spiro atoms. The molecule has 3 nitrogen and oxygen atoms in total. The van der Waals surface area contributed by atoms with Gasteiger partial charge in [-0.25, -0.2) is 4.39 Å². The molecule has 2 atom stereocenters. The van der Waals surface area contributed by atoms with Crippen molar-refractivity contribution in [1.82, 2.24) is 0 Å². The van der Waals surface area contributed by atoms with Gasteiger partial charge in [-0.15, -0.1) is 0 Å². The molecule has 1 aromatic rings. The van der Waals surface area contributed by atoms with Gasteiger partial charge >= 0.3 is 5.97 Å².